The Morgan fingerprint density at radius 3 is 2.65 bits per heavy atom. The molecule has 0 unspecified atom stereocenters. The van der Waals surface area contributed by atoms with Crippen molar-refractivity contribution in [2.45, 2.75) is 25.0 Å². The van der Waals surface area contributed by atoms with Crippen LogP contribution in [0.15, 0.2) is 30.3 Å². The van der Waals surface area contributed by atoms with Gasteiger partial charge in [-0.15, -0.1) is 0 Å². The van der Waals surface area contributed by atoms with Crippen LogP contribution < -0.4 is 0 Å². The Kier molecular flexibility index (Phi) is 2.35. The number of fused-ring (bicyclic) bond motifs is 1. The van der Waals surface area contributed by atoms with Gasteiger partial charge >= 0.3 is 11.9 Å². The molecule has 0 spiro atoms. The summed E-state index contributed by atoms with van der Waals surface area (Å²) in [5.41, 5.74) is 1.05. The summed E-state index contributed by atoms with van der Waals surface area (Å²) >= 11 is 0. The van der Waals surface area contributed by atoms with Crippen molar-refractivity contribution in [2.75, 3.05) is 0 Å². The Labute approximate surface area is 98.5 Å². The van der Waals surface area contributed by atoms with Gasteiger partial charge in [-0.25, -0.2) is 0 Å². The monoisotopic (exact) mass is 232 g/mol. The molecule has 2 fully saturated rings. The minimum atomic E-state index is -0.393. The van der Waals surface area contributed by atoms with Crippen LogP contribution in [0, 0.1) is 5.92 Å². The van der Waals surface area contributed by atoms with Crippen LogP contribution in [0.25, 0.3) is 0 Å². The van der Waals surface area contributed by atoms with E-state index in [2.05, 4.69) is 0 Å². The number of rotatable bonds is 2. The van der Waals surface area contributed by atoms with Gasteiger partial charge in [-0.05, 0) is 12.0 Å². The first-order valence-electron chi connectivity index (χ1n) is 5.68. The standard InChI is InChI=1S/C13H12O4/c14-11-7-10-12(17-11)9(13(15)16-10)6-8-4-2-1-3-5-8/h1-5,9-10,12H,6-7H2/t9-,10-,12-/m1/s1. The summed E-state index contributed by atoms with van der Waals surface area (Å²) in [5, 5.41) is 0. The van der Waals surface area contributed by atoms with E-state index in [1.807, 2.05) is 30.3 Å². The highest BCUT2D eigenvalue weighted by atomic mass is 16.6. The SMILES string of the molecule is O=C1C[C@H]2OC(=O)[C@H](Cc3ccccc3)[C@H]2O1. The van der Waals surface area contributed by atoms with Crippen LogP contribution in [0.4, 0.5) is 0 Å². The van der Waals surface area contributed by atoms with E-state index in [0.717, 1.165) is 5.56 Å². The second-order valence-electron chi connectivity index (χ2n) is 4.43. The molecule has 2 saturated heterocycles. The molecule has 2 aliphatic rings. The first kappa shape index (κ1) is 10.3. The Hall–Kier alpha value is -1.84. The summed E-state index contributed by atoms with van der Waals surface area (Å²) in [7, 11) is 0. The Morgan fingerprint density at radius 1 is 1.12 bits per heavy atom. The maximum absolute atomic E-state index is 11.7. The van der Waals surface area contributed by atoms with E-state index < -0.39 is 6.10 Å². The van der Waals surface area contributed by atoms with Gasteiger partial charge in [0.05, 0.1) is 6.42 Å². The lowest BCUT2D eigenvalue weighted by atomic mass is 9.94. The van der Waals surface area contributed by atoms with Crippen molar-refractivity contribution >= 4 is 11.9 Å². The van der Waals surface area contributed by atoms with Crippen molar-refractivity contribution in [1.82, 2.24) is 0 Å². The predicted molar refractivity (Wildman–Crippen MR) is 58.0 cm³/mol. The van der Waals surface area contributed by atoms with Crippen LogP contribution in [-0.4, -0.2) is 24.1 Å². The molecule has 1 aromatic rings. The van der Waals surface area contributed by atoms with Crippen LogP contribution >= 0.6 is 0 Å². The lowest BCUT2D eigenvalue weighted by Crippen LogP contribution is -2.26. The fraction of sp³-hybridized carbons (Fsp3) is 0.385. The zero-order valence-corrected chi connectivity index (χ0v) is 9.17. The fourth-order valence-electron chi connectivity index (χ4n) is 2.44. The third kappa shape index (κ3) is 1.79. The molecule has 0 saturated carbocycles. The molecule has 4 heteroatoms. The second kappa shape index (κ2) is 3.87. The van der Waals surface area contributed by atoms with Crippen LogP contribution in [0.3, 0.4) is 0 Å². The van der Waals surface area contributed by atoms with Gasteiger partial charge in [0.2, 0.25) is 0 Å². The molecule has 0 bridgehead atoms. The van der Waals surface area contributed by atoms with Gasteiger partial charge in [0.15, 0.2) is 6.10 Å². The van der Waals surface area contributed by atoms with E-state index in [4.69, 9.17) is 9.47 Å². The van der Waals surface area contributed by atoms with Crippen LogP contribution in [-0.2, 0) is 25.5 Å². The summed E-state index contributed by atoms with van der Waals surface area (Å²) < 4.78 is 10.3. The lowest BCUT2D eigenvalue weighted by Gasteiger charge is -2.12. The minimum absolute atomic E-state index is 0.196. The highest BCUT2D eigenvalue weighted by Gasteiger charge is 2.51. The van der Waals surface area contributed by atoms with E-state index in [9.17, 15) is 9.59 Å². The molecule has 1 aromatic carbocycles. The molecule has 3 rings (SSSR count). The first-order valence-corrected chi connectivity index (χ1v) is 5.68. The highest BCUT2D eigenvalue weighted by Crippen LogP contribution is 2.34. The lowest BCUT2D eigenvalue weighted by molar-refractivity contribution is -0.148. The Bertz CT molecular complexity index is 454. The molecule has 0 amide bonds. The van der Waals surface area contributed by atoms with E-state index >= 15 is 0 Å². The van der Waals surface area contributed by atoms with E-state index in [1.165, 1.54) is 0 Å². The van der Waals surface area contributed by atoms with Gasteiger partial charge in [-0.1, -0.05) is 30.3 Å². The van der Waals surface area contributed by atoms with Crippen LogP contribution in [0.1, 0.15) is 12.0 Å². The zero-order chi connectivity index (χ0) is 11.8. The number of hydrogen-bond donors (Lipinski definition) is 0. The smallest absolute Gasteiger partial charge is 0.313 e. The van der Waals surface area contributed by atoms with Crippen molar-refractivity contribution < 1.29 is 19.1 Å². The topological polar surface area (TPSA) is 52.6 Å². The van der Waals surface area contributed by atoms with Gasteiger partial charge in [0.25, 0.3) is 0 Å². The number of carbonyl (C=O) groups is 2. The van der Waals surface area contributed by atoms with E-state index in [1.54, 1.807) is 0 Å². The molecular weight excluding hydrogens is 220 g/mol. The average molecular weight is 232 g/mol. The van der Waals surface area contributed by atoms with Gasteiger partial charge in [-0.3, -0.25) is 9.59 Å². The largest absolute Gasteiger partial charge is 0.457 e. The summed E-state index contributed by atoms with van der Waals surface area (Å²) in [6, 6.07) is 9.69. The normalized spacial score (nSPS) is 30.9. The first-order chi connectivity index (χ1) is 8.24. The zero-order valence-electron chi connectivity index (χ0n) is 9.17. The molecule has 17 heavy (non-hydrogen) atoms. The van der Waals surface area contributed by atoms with Crippen molar-refractivity contribution in [3.8, 4) is 0 Å². The highest BCUT2D eigenvalue weighted by molar-refractivity contribution is 5.81. The van der Waals surface area contributed by atoms with Gasteiger partial charge in [0.1, 0.15) is 12.0 Å². The van der Waals surface area contributed by atoms with Gasteiger partial charge < -0.3 is 9.47 Å². The molecule has 2 heterocycles. The molecule has 4 nitrogen and oxygen atoms in total. The molecule has 0 radical (unpaired) electrons. The average Bonchev–Trinajstić information content (AvgIpc) is 2.79. The Morgan fingerprint density at radius 2 is 1.88 bits per heavy atom. The van der Waals surface area contributed by atoms with Crippen molar-refractivity contribution in [3.05, 3.63) is 35.9 Å². The maximum atomic E-state index is 11.7. The van der Waals surface area contributed by atoms with Crippen molar-refractivity contribution in [2.24, 2.45) is 5.92 Å². The van der Waals surface area contributed by atoms with Crippen molar-refractivity contribution in [3.63, 3.8) is 0 Å². The quantitative estimate of drug-likeness (QED) is 0.716. The number of esters is 2. The van der Waals surface area contributed by atoms with Crippen LogP contribution in [0.5, 0.6) is 0 Å². The Balaban J connectivity index is 1.78. The second-order valence-corrected chi connectivity index (χ2v) is 4.43. The summed E-state index contributed by atoms with van der Waals surface area (Å²) in [5.74, 6) is -0.879. The molecule has 0 aromatic heterocycles. The molecule has 0 aliphatic carbocycles. The molecular formula is C13H12O4. The summed E-state index contributed by atoms with van der Waals surface area (Å²) in [4.78, 5) is 22.8. The molecule has 0 N–H and O–H groups in total. The van der Waals surface area contributed by atoms with E-state index in [0.29, 0.717) is 6.42 Å². The number of hydrogen-bond acceptors (Lipinski definition) is 4. The number of benzene rings is 1. The molecule has 3 atom stereocenters. The minimum Gasteiger partial charge on any atom is -0.457 e. The summed E-state index contributed by atoms with van der Waals surface area (Å²) in [6.45, 7) is 0. The fourth-order valence-corrected chi connectivity index (χ4v) is 2.44. The molecule has 2 aliphatic heterocycles. The summed E-state index contributed by atoms with van der Waals surface area (Å²) in [6.07, 6.45) is -0.00515. The third-order valence-electron chi connectivity index (χ3n) is 3.27. The predicted octanol–water partition coefficient (Wildman–Crippen LogP) is 1.09. The van der Waals surface area contributed by atoms with Gasteiger partial charge in [0, 0.05) is 0 Å². The van der Waals surface area contributed by atoms with Crippen molar-refractivity contribution in [1.29, 1.82) is 0 Å². The maximum Gasteiger partial charge on any atom is 0.313 e. The third-order valence-corrected chi connectivity index (χ3v) is 3.27. The molecule has 88 valence electrons. The van der Waals surface area contributed by atoms with Gasteiger partial charge in [-0.2, -0.15) is 0 Å². The van der Waals surface area contributed by atoms with Crippen LogP contribution in [0.2, 0.25) is 0 Å². The number of carbonyl (C=O) groups excluding carboxylic acids is 2. The van der Waals surface area contributed by atoms with E-state index in [-0.39, 0.29) is 30.4 Å². The number of ether oxygens (including phenoxy) is 2.